The Balaban J connectivity index is 1.48. The fourth-order valence-electron chi connectivity index (χ4n) is 2.99. The molecular weight excluding hydrogens is 260 g/mol. The van der Waals surface area contributed by atoms with Gasteiger partial charge < -0.3 is 10.2 Å². The van der Waals surface area contributed by atoms with Crippen LogP contribution >= 0.6 is 0 Å². The molecule has 1 saturated heterocycles. The van der Waals surface area contributed by atoms with Gasteiger partial charge in [0.05, 0.1) is 0 Å². The lowest BCUT2D eigenvalue weighted by atomic mass is 9.91. The maximum atomic E-state index is 4.18. The third kappa shape index (κ3) is 4.02. The molecule has 0 bridgehead atoms. The molecule has 4 nitrogen and oxygen atoms in total. The fraction of sp³-hybridized carbons (Fsp3) is 0.412. The van der Waals surface area contributed by atoms with E-state index in [9.17, 15) is 0 Å². The number of hydrogen-bond donors (Lipinski definition) is 1. The van der Waals surface area contributed by atoms with Crippen LogP contribution in [0.2, 0.25) is 0 Å². The number of rotatable bonds is 5. The Morgan fingerprint density at radius 2 is 2.10 bits per heavy atom. The van der Waals surface area contributed by atoms with Crippen molar-refractivity contribution in [3.63, 3.8) is 0 Å². The highest BCUT2D eigenvalue weighted by Crippen LogP contribution is 2.26. The number of benzene rings is 1. The van der Waals surface area contributed by atoms with Crippen LogP contribution in [0, 0.1) is 0 Å². The van der Waals surface area contributed by atoms with Crippen LogP contribution < -0.4 is 5.32 Å². The molecular formula is C17H22N4. The van der Waals surface area contributed by atoms with E-state index in [-0.39, 0.29) is 0 Å². The molecule has 1 aliphatic heterocycles. The van der Waals surface area contributed by atoms with E-state index in [4.69, 9.17) is 0 Å². The predicted octanol–water partition coefficient (Wildman–Crippen LogP) is 2.77. The molecule has 110 valence electrons. The van der Waals surface area contributed by atoms with Gasteiger partial charge in [0.25, 0.3) is 0 Å². The number of aromatic nitrogens is 2. The molecule has 0 aliphatic carbocycles. The first-order chi connectivity index (χ1) is 10.4. The van der Waals surface area contributed by atoms with Gasteiger partial charge in [-0.15, -0.1) is 0 Å². The van der Waals surface area contributed by atoms with Crippen molar-refractivity contribution in [2.24, 2.45) is 0 Å². The summed E-state index contributed by atoms with van der Waals surface area (Å²) >= 11 is 0. The highest BCUT2D eigenvalue weighted by Gasteiger charge is 2.20. The van der Waals surface area contributed by atoms with Gasteiger partial charge in [-0.2, -0.15) is 0 Å². The second-order valence-electron chi connectivity index (χ2n) is 5.57. The van der Waals surface area contributed by atoms with Crippen LogP contribution in [0.4, 0.5) is 5.82 Å². The van der Waals surface area contributed by atoms with Crippen molar-refractivity contribution < 1.29 is 0 Å². The van der Waals surface area contributed by atoms with Gasteiger partial charge in [0, 0.05) is 25.8 Å². The van der Waals surface area contributed by atoms with Crippen molar-refractivity contribution in [1.29, 1.82) is 0 Å². The van der Waals surface area contributed by atoms with Gasteiger partial charge in [0.1, 0.15) is 12.1 Å². The zero-order valence-electron chi connectivity index (χ0n) is 12.3. The van der Waals surface area contributed by atoms with Gasteiger partial charge in [0.15, 0.2) is 0 Å². The topological polar surface area (TPSA) is 41.0 Å². The van der Waals surface area contributed by atoms with Crippen LogP contribution in [-0.4, -0.2) is 41.0 Å². The highest BCUT2D eigenvalue weighted by molar-refractivity contribution is 5.31. The van der Waals surface area contributed by atoms with Crippen molar-refractivity contribution in [3.8, 4) is 0 Å². The van der Waals surface area contributed by atoms with E-state index >= 15 is 0 Å². The SMILES string of the molecule is c1ccc([C@H]2CCCN(CCNc3ccncn3)C2)cc1. The summed E-state index contributed by atoms with van der Waals surface area (Å²) in [5, 5.41) is 3.35. The van der Waals surface area contributed by atoms with E-state index in [0.29, 0.717) is 5.92 Å². The third-order valence-corrected chi connectivity index (χ3v) is 4.09. The minimum Gasteiger partial charge on any atom is -0.369 e. The number of hydrogen-bond acceptors (Lipinski definition) is 4. The summed E-state index contributed by atoms with van der Waals surface area (Å²) in [6, 6.07) is 12.8. The second kappa shape index (κ2) is 7.18. The molecule has 3 rings (SSSR count). The molecule has 2 aromatic rings. The average Bonchev–Trinajstić information content (AvgIpc) is 2.57. The third-order valence-electron chi connectivity index (χ3n) is 4.09. The maximum Gasteiger partial charge on any atom is 0.129 e. The van der Waals surface area contributed by atoms with Crippen molar-refractivity contribution in [2.45, 2.75) is 18.8 Å². The van der Waals surface area contributed by atoms with E-state index in [2.05, 4.69) is 50.5 Å². The van der Waals surface area contributed by atoms with Gasteiger partial charge in [0.2, 0.25) is 0 Å². The summed E-state index contributed by atoms with van der Waals surface area (Å²) in [6.07, 6.45) is 5.93. The first-order valence-corrected chi connectivity index (χ1v) is 7.69. The summed E-state index contributed by atoms with van der Waals surface area (Å²) < 4.78 is 0. The summed E-state index contributed by atoms with van der Waals surface area (Å²) in [5.74, 6) is 1.58. The van der Waals surface area contributed by atoms with Crippen molar-refractivity contribution in [2.75, 3.05) is 31.5 Å². The van der Waals surface area contributed by atoms with E-state index in [1.165, 1.54) is 24.9 Å². The van der Waals surface area contributed by atoms with Crippen LogP contribution in [0.1, 0.15) is 24.3 Å². The molecule has 0 amide bonds. The van der Waals surface area contributed by atoms with E-state index in [1.54, 1.807) is 12.5 Å². The van der Waals surface area contributed by atoms with Gasteiger partial charge in [-0.3, -0.25) is 0 Å². The van der Waals surface area contributed by atoms with E-state index < -0.39 is 0 Å². The van der Waals surface area contributed by atoms with Gasteiger partial charge in [-0.1, -0.05) is 30.3 Å². The van der Waals surface area contributed by atoms with Crippen LogP contribution in [0.25, 0.3) is 0 Å². The number of nitrogens with one attached hydrogen (secondary N) is 1. The van der Waals surface area contributed by atoms with Crippen molar-refractivity contribution >= 4 is 5.82 Å². The number of piperidine rings is 1. The van der Waals surface area contributed by atoms with Gasteiger partial charge in [-0.25, -0.2) is 9.97 Å². The molecule has 1 aromatic carbocycles. The minimum absolute atomic E-state index is 0.680. The molecule has 2 heterocycles. The standard InChI is InChI=1S/C17H22N4/c1-2-5-15(6-3-1)16-7-4-11-21(13-16)12-10-19-17-8-9-18-14-20-17/h1-3,5-6,8-9,14,16H,4,7,10-13H2,(H,18,19,20)/t16-/m0/s1. The first-order valence-electron chi connectivity index (χ1n) is 7.69. The Hall–Kier alpha value is -1.94. The Morgan fingerprint density at radius 3 is 2.90 bits per heavy atom. The number of nitrogens with zero attached hydrogens (tertiary/aromatic N) is 3. The highest BCUT2D eigenvalue weighted by atomic mass is 15.2. The average molecular weight is 282 g/mol. The maximum absolute atomic E-state index is 4.18. The normalized spacial score (nSPS) is 19.3. The lowest BCUT2D eigenvalue weighted by molar-refractivity contribution is 0.215. The van der Waals surface area contributed by atoms with Gasteiger partial charge >= 0.3 is 0 Å². The minimum atomic E-state index is 0.680. The molecule has 1 aromatic heterocycles. The molecule has 0 unspecified atom stereocenters. The second-order valence-corrected chi connectivity index (χ2v) is 5.57. The molecule has 0 radical (unpaired) electrons. The van der Waals surface area contributed by atoms with E-state index in [1.807, 2.05) is 6.07 Å². The van der Waals surface area contributed by atoms with Crippen LogP contribution in [0.15, 0.2) is 48.9 Å². The number of anilines is 1. The molecule has 1 fully saturated rings. The largest absolute Gasteiger partial charge is 0.369 e. The van der Waals surface area contributed by atoms with Crippen molar-refractivity contribution in [3.05, 3.63) is 54.5 Å². The fourth-order valence-corrected chi connectivity index (χ4v) is 2.99. The molecule has 4 heteroatoms. The first kappa shape index (κ1) is 14.0. The van der Waals surface area contributed by atoms with E-state index in [0.717, 1.165) is 25.5 Å². The van der Waals surface area contributed by atoms with Crippen LogP contribution in [-0.2, 0) is 0 Å². The predicted molar refractivity (Wildman–Crippen MR) is 85.4 cm³/mol. The molecule has 0 saturated carbocycles. The lowest BCUT2D eigenvalue weighted by Gasteiger charge is -2.33. The number of likely N-dealkylation sites (tertiary alicyclic amines) is 1. The monoisotopic (exact) mass is 282 g/mol. The van der Waals surface area contributed by atoms with Crippen LogP contribution in [0.5, 0.6) is 0 Å². The Labute approximate surface area is 126 Å². The zero-order valence-corrected chi connectivity index (χ0v) is 12.3. The molecule has 0 spiro atoms. The zero-order chi connectivity index (χ0) is 14.3. The Bertz CT molecular complexity index is 529. The molecule has 1 atom stereocenters. The quantitative estimate of drug-likeness (QED) is 0.915. The summed E-state index contributed by atoms with van der Waals surface area (Å²) in [7, 11) is 0. The summed E-state index contributed by atoms with van der Waals surface area (Å²) in [6.45, 7) is 4.36. The smallest absolute Gasteiger partial charge is 0.129 e. The van der Waals surface area contributed by atoms with Gasteiger partial charge in [-0.05, 0) is 36.9 Å². The van der Waals surface area contributed by atoms with Crippen molar-refractivity contribution in [1.82, 2.24) is 14.9 Å². The summed E-state index contributed by atoms with van der Waals surface area (Å²) in [4.78, 5) is 10.7. The molecule has 1 aliphatic rings. The summed E-state index contributed by atoms with van der Waals surface area (Å²) in [5.41, 5.74) is 1.48. The lowest BCUT2D eigenvalue weighted by Crippen LogP contribution is -2.37. The molecule has 21 heavy (non-hydrogen) atoms. The Morgan fingerprint density at radius 1 is 1.19 bits per heavy atom. The molecule has 1 N–H and O–H groups in total. The Kier molecular flexibility index (Phi) is 4.79. The van der Waals surface area contributed by atoms with Crippen LogP contribution in [0.3, 0.4) is 0 Å².